The van der Waals surface area contributed by atoms with Gasteiger partial charge >= 0.3 is 5.69 Å². The second kappa shape index (κ2) is 8.13. The van der Waals surface area contributed by atoms with Crippen molar-refractivity contribution in [1.29, 1.82) is 0 Å². The lowest BCUT2D eigenvalue weighted by atomic mass is 10.1. The lowest BCUT2D eigenvalue weighted by Gasteiger charge is -2.14. The molecule has 0 saturated carbocycles. The number of carbonyl (C=O) groups excluding carboxylic acids is 2. The molecule has 10 nitrogen and oxygen atoms in total. The topological polar surface area (TPSA) is 143 Å². The number of nitrogens with two attached hydrogens (primary N) is 1. The molecule has 1 aromatic heterocycles. The maximum atomic E-state index is 12.9. The van der Waals surface area contributed by atoms with Gasteiger partial charge in [0.2, 0.25) is 11.5 Å². The van der Waals surface area contributed by atoms with E-state index in [-0.39, 0.29) is 33.4 Å². The zero-order valence-corrected chi connectivity index (χ0v) is 16.7. The van der Waals surface area contributed by atoms with Gasteiger partial charge in [0.25, 0.3) is 11.8 Å². The van der Waals surface area contributed by atoms with Gasteiger partial charge < -0.3 is 25.3 Å². The van der Waals surface area contributed by atoms with E-state index in [1.54, 1.807) is 13.8 Å². The van der Waals surface area contributed by atoms with Gasteiger partial charge in [0, 0.05) is 10.9 Å². The molecular weight excluding hydrogens is 390 g/mol. The summed E-state index contributed by atoms with van der Waals surface area (Å²) in [6.07, 6.45) is 0. The van der Waals surface area contributed by atoms with Gasteiger partial charge in [-0.1, -0.05) is 0 Å². The Bertz CT molecular complexity index is 968. The van der Waals surface area contributed by atoms with Crippen molar-refractivity contribution in [1.82, 2.24) is 0 Å². The summed E-state index contributed by atoms with van der Waals surface area (Å²) in [5, 5.41) is 14.4. The van der Waals surface area contributed by atoms with E-state index in [0.29, 0.717) is 5.56 Å². The average molecular weight is 409 g/mol. The number of benzene rings is 1. The van der Waals surface area contributed by atoms with Crippen molar-refractivity contribution in [3.63, 3.8) is 0 Å². The van der Waals surface area contributed by atoms with Crippen molar-refractivity contribution in [2.45, 2.75) is 13.8 Å². The molecule has 2 aromatic rings. The molecule has 1 heterocycles. The molecule has 0 unspecified atom stereocenters. The maximum Gasteiger partial charge on any atom is 0.327 e. The van der Waals surface area contributed by atoms with Crippen LogP contribution in [-0.2, 0) is 0 Å². The van der Waals surface area contributed by atoms with E-state index in [2.05, 4.69) is 5.32 Å². The summed E-state index contributed by atoms with van der Waals surface area (Å²) in [5.74, 6) is -1.74. The highest BCUT2D eigenvalue weighted by Crippen LogP contribution is 2.46. The van der Waals surface area contributed by atoms with Crippen LogP contribution in [-0.4, -0.2) is 38.1 Å². The molecule has 0 spiro atoms. The fourth-order valence-corrected chi connectivity index (χ4v) is 3.74. The summed E-state index contributed by atoms with van der Waals surface area (Å²) < 4.78 is 15.4. The van der Waals surface area contributed by atoms with Crippen LogP contribution in [0.15, 0.2) is 6.07 Å². The SMILES string of the molecule is COc1cc(C(=O)Nc2sc(C)c(C)c2C(N)=O)c([N+](=O)[O-])c(OC)c1OC. The third-order valence-corrected chi connectivity index (χ3v) is 5.21. The molecule has 28 heavy (non-hydrogen) atoms. The van der Waals surface area contributed by atoms with Crippen LogP contribution in [0.4, 0.5) is 10.7 Å². The minimum Gasteiger partial charge on any atom is -0.493 e. The monoisotopic (exact) mass is 409 g/mol. The number of ether oxygens (including phenoxy) is 3. The van der Waals surface area contributed by atoms with Crippen LogP contribution in [0.5, 0.6) is 17.2 Å². The van der Waals surface area contributed by atoms with Gasteiger partial charge in [0.05, 0.1) is 31.8 Å². The summed E-state index contributed by atoms with van der Waals surface area (Å²) in [6.45, 7) is 3.47. The van der Waals surface area contributed by atoms with Crippen LogP contribution in [0.25, 0.3) is 0 Å². The normalized spacial score (nSPS) is 10.3. The number of nitro groups is 1. The van der Waals surface area contributed by atoms with Crippen molar-refractivity contribution in [2.24, 2.45) is 5.73 Å². The number of rotatable bonds is 7. The smallest absolute Gasteiger partial charge is 0.327 e. The second-order valence-electron chi connectivity index (χ2n) is 5.60. The lowest BCUT2D eigenvalue weighted by molar-refractivity contribution is -0.386. The Kier molecular flexibility index (Phi) is 6.09. The number of aryl methyl sites for hydroxylation is 1. The van der Waals surface area contributed by atoms with Crippen LogP contribution >= 0.6 is 11.3 Å². The van der Waals surface area contributed by atoms with E-state index < -0.39 is 22.4 Å². The molecule has 0 atom stereocenters. The molecule has 1 aromatic carbocycles. The highest BCUT2D eigenvalue weighted by atomic mass is 32.1. The number of nitrogens with zero attached hydrogens (tertiary/aromatic N) is 1. The first-order valence-electron chi connectivity index (χ1n) is 7.86. The molecule has 0 aliphatic carbocycles. The van der Waals surface area contributed by atoms with Gasteiger partial charge in [-0.25, -0.2) is 0 Å². The van der Waals surface area contributed by atoms with Crippen LogP contribution in [0, 0.1) is 24.0 Å². The number of anilines is 1. The highest BCUT2D eigenvalue weighted by molar-refractivity contribution is 7.16. The van der Waals surface area contributed by atoms with Crippen LogP contribution < -0.4 is 25.3 Å². The first kappa shape index (κ1) is 21.0. The Morgan fingerprint density at radius 1 is 1.14 bits per heavy atom. The van der Waals surface area contributed by atoms with Crippen molar-refractivity contribution in [3.8, 4) is 17.2 Å². The summed E-state index contributed by atoms with van der Waals surface area (Å²) in [7, 11) is 3.82. The van der Waals surface area contributed by atoms with Crippen molar-refractivity contribution >= 4 is 33.8 Å². The van der Waals surface area contributed by atoms with Gasteiger partial charge in [-0.05, 0) is 19.4 Å². The molecule has 150 valence electrons. The molecule has 2 amide bonds. The van der Waals surface area contributed by atoms with Crippen molar-refractivity contribution in [2.75, 3.05) is 26.6 Å². The molecule has 0 radical (unpaired) electrons. The minimum absolute atomic E-state index is 0.0195. The lowest BCUT2D eigenvalue weighted by Crippen LogP contribution is -2.18. The first-order chi connectivity index (χ1) is 13.2. The molecule has 0 bridgehead atoms. The van der Waals surface area contributed by atoms with E-state index >= 15 is 0 Å². The molecule has 0 aliphatic heterocycles. The molecule has 0 saturated heterocycles. The fraction of sp³-hybridized carbons (Fsp3) is 0.294. The summed E-state index contributed by atoms with van der Waals surface area (Å²) in [4.78, 5) is 36.3. The Hall–Kier alpha value is -3.34. The molecular formula is C17H19N3O7S. The third-order valence-electron chi connectivity index (χ3n) is 4.09. The number of nitro benzene ring substituents is 1. The van der Waals surface area contributed by atoms with E-state index in [9.17, 15) is 19.7 Å². The number of methoxy groups -OCH3 is 3. The molecule has 11 heteroatoms. The summed E-state index contributed by atoms with van der Waals surface area (Å²) in [5.41, 5.74) is 5.28. The largest absolute Gasteiger partial charge is 0.493 e. The number of carbonyl (C=O) groups is 2. The zero-order chi connectivity index (χ0) is 21.2. The van der Waals surface area contributed by atoms with Gasteiger partial charge in [-0.3, -0.25) is 19.7 Å². The van der Waals surface area contributed by atoms with E-state index in [4.69, 9.17) is 19.9 Å². The predicted octanol–water partition coefficient (Wildman–Crippen LogP) is 2.65. The summed E-state index contributed by atoms with van der Waals surface area (Å²) >= 11 is 1.14. The molecule has 0 fully saturated rings. The minimum atomic E-state index is -0.824. The zero-order valence-electron chi connectivity index (χ0n) is 15.9. The molecule has 0 aliphatic rings. The maximum absolute atomic E-state index is 12.9. The Labute approximate surface area is 164 Å². The van der Waals surface area contributed by atoms with Crippen LogP contribution in [0.3, 0.4) is 0 Å². The van der Waals surface area contributed by atoms with Gasteiger partial charge in [-0.15, -0.1) is 11.3 Å². The van der Waals surface area contributed by atoms with E-state index in [1.807, 2.05) is 0 Å². The van der Waals surface area contributed by atoms with Crippen molar-refractivity contribution in [3.05, 3.63) is 37.7 Å². The fourth-order valence-electron chi connectivity index (χ4n) is 2.68. The van der Waals surface area contributed by atoms with E-state index in [0.717, 1.165) is 16.2 Å². The predicted molar refractivity (Wildman–Crippen MR) is 103 cm³/mol. The Balaban J connectivity index is 2.65. The average Bonchev–Trinajstić information content (AvgIpc) is 2.92. The number of hydrogen-bond donors (Lipinski definition) is 2. The highest BCUT2D eigenvalue weighted by Gasteiger charge is 2.33. The van der Waals surface area contributed by atoms with Crippen LogP contribution in [0.2, 0.25) is 0 Å². The van der Waals surface area contributed by atoms with Gasteiger partial charge in [0.15, 0.2) is 5.75 Å². The standard InChI is InChI=1S/C17H19N3O7S/c1-7-8(2)28-17(11(7)15(18)21)19-16(22)9-6-10(25-3)13(26-4)14(27-5)12(9)20(23)24/h6H,1-5H3,(H2,18,21)(H,19,22). The third kappa shape index (κ3) is 3.56. The quantitative estimate of drug-likeness (QED) is 0.528. The number of primary amides is 1. The van der Waals surface area contributed by atoms with E-state index in [1.165, 1.54) is 27.4 Å². The van der Waals surface area contributed by atoms with Gasteiger partial charge in [-0.2, -0.15) is 0 Å². The van der Waals surface area contributed by atoms with Crippen LogP contribution in [0.1, 0.15) is 31.2 Å². The van der Waals surface area contributed by atoms with Crippen molar-refractivity contribution < 1.29 is 28.7 Å². The number of thiophene rings is 1. The molecule has 3 N–H and O–H groups in total. The number of amides is 2. The first-order valence-corrected chi connectivity index (χ1v) is 8.67. The van der Waals surface area contributed by atoms with Gasteiger partial charge in [0.1, 0.15) is 10.6 Å². The summed E-state index contributed by atoms with van der Waals surface area (Å²) in [6, 6.07) is 1.17. The Morgan fingerprint density at radius 2 is 1.75 bits per heavy atom. The molecule has 2 rings (SSSR count). The number of nitrogens with one attached hydrogen (secondary N) is 1. The Morgan fingerprint density at radius 3 is 2.21 bits per heavy atom. The number of hydrogen-bond acceptors (Lipinski definition) is 8. The second-order valence-corrected chi connectivity index (χ2v) is 6.83.